The molecule has 4 aromatic rings. The summed E-state index contributed by atoms with van der Waals surface area (Å²) in [7, 11) is 3.18. The third-order valence-corrected chi connectivity index (χ3v) is 6.70. The number of nitrogens with zero attached hydrogens (tertiary/aromatic N) is 3. The van der Waals surface area contributed by atoms with Crippen LogP contribution in [0.15, 0.2) is 58.1 Å². The summed E-state index contributed by atoms with van der Waals surface area (Å²) >= 11 is 0. The lowest BCUT2D eigenvalue weighted by Crippen LogP contribution is -2.40. The van der Waals surface area contributed by atoms with Gasteiger partial charge in [0.05, 0.1) is 41.0 Å². The zero-order valence-electron chi connectivity index (χ0n) is 20.5. The largest absolute Gasteiger partial charge is 0.504 e. The van der Waals surface area contributed by atoms with Gasteiger partial charge in [-0.3, -0.25) is 13.9 Å². The Morgan fingerprint density at radius 3 is 2.49 bits per heavy atom. The molecule has 0 saturated heterocycles. The Morgan fingerprint density at radius 2 is 1.80 bits per heavy atom. The number of rotatable bonds is 4. The third kappa shape index (κ3) is 3.39. The number of aromatic hydroxyl groups is 1. The van der Waals surface area contributed by atoms with Gasteiger partial charge in [0.15, 0.2) is 11.5 Å². The summed E-state index contributed by atoms with van der Waals surface area (Å²) in [6.45, 7) is 6.75. The van der Waals surface area contributed by atoms with Crippen LogP contribution in [0.1, 0.15) is 38.1 Å². The van der Waals surface area contributed by atoms with Crippen LogP contribution in [-0.4, -0.2) is 32.0 Å². The van der Waals surface area contributed by atoms with E-state index in [1.807, 2.05) is 37.3 Å². The van der Waals surface area contributed by atoms with Crippen molar-refractivity contribution in [3.63, 3.8) is 0 Å². The first-order valence-electron chi connectivity index (χ1n) is 11.6. The van der Waals surface area contributed by atoms with E-state index in [2.05, 4.69) is 18.4 Å². The van der Waals surface area contributed by atoms with Crippen LogP contribution in [0.2, 0.25) is 0 Å². The SMILES string of the molecule is CCOc1cc(C2OCC(C)(C)n3c(-c4ccccc4)c4c(=O)n(C)c(=O)n(C)c4c32)ccc1O. The minimum atomic E-state index is -0.583. The fourth-order valence-electron chi connectivity index (χ4n) is 5.09. The number of fused-ring (bicyclic) bond motifs is 3. The predicted molar refractivity (Wildman–Crippen MR) is 134 cm³/mol. The van der Waals surface area contributed by atoms with Gasteiger partial charge in [-0.05, 0) is 44.0 Å². The van der Waals surface area contributed by atoms with Crippen molar-refractivity contribution in [2.75, 3.05) is 13.2 Å². The Bertz CT molecular complexity index is 1560. The topological polar surface area (TPSA) is 87.6 Å². The molecule has 2 aromatic carbocycles. The number of phenolic OH excluding ortho intramolecular Hbond substituents is 1. The lowest BCUT2D eigenvalue weighted by Gasteiger charge is -2.39. The van der Waals surface area contributed by atoms with Crippen LogP contribution in [-0.2, 0) is 24.4 Å². The Morgan fingerprint density at radius 1 is 1.09 bits per heavy atom. The fourth-order valence-corrected chi connectivity index (χ4v) is 5.09. The average molecular weight is 476 g/mol. The molecule has 1 aliphatic heterocycles. The molecule has 0 spiro atoms. The summed E-state index contributed by atoms with van der Waals surface area (Å²) in [6, 6.07) is 14.9. The van der Waals surface area contributed by atoms with Gasteiger partial charge < -0.3 is 19.1 Å². The molecule has 8 heteroatoms. The lowest BCUT2D eigenvalue weighted by atomic mass is 9.97. The molecule has 2 aromatic heterocycles. The highest BCUT2D eigenvalue weighted by atomic mass is 16.5. The lowest BCUT2D eigenvalue weighted by molar-refractivity contribution is -0.00717. The quantitative estimate of drug-likeness (QED) is 0.487. The molecule has 1 unspecified atom stereocenters. The number of hydrogen-bond acceptors (Lipinski definition) is 5. The molecule has 3 heterocycles. The van der Waals surface area contributed by atoms with Crippen molar-refractivity contribution in [3.8, 4) is 22.8 Å². The van der Waals surface area contributed by atoms with Crippen molar-refractivity contribution in [3.05, 3.63) is 80.6 Å². The van der Waals surface area contributed by atoms with E-state index in [0.29, 0.717) is 29.9 Å². The van der Waals surface area contributed by atoms with E-state index in [1.165, 1.54) is 11.6 Å². The molecule has 1 aliphatic rings. The highest BCUT2D eigenvalue weighted by Gasteiger charge is 2.40. The molecule has 35 heavy (non-hydrogen) atoms. The van der Waals surface area contributed by atoms with Gasteiger partial charge in [-0.2, -0.15) is 0 Å². The van der Waals surface area contributed by atoms with Crippen molar-refractivity contribution in [1.29, 1.82) is 0 Å². The highest BCUT2D eigenvalue weighted by molar-refractivity contribution is 5.96. The maximum Gasteiger partial charge on any atom is 0.331 e. The minimum Gasteiger partial charge on any atom is -0.504 e. The maximum absolute atomic E-state index is 13.6. The zero-order valence-corrected chi connectivity index (χ0v) is 20.5. The first-order chi connectivity index (χ1) is 16.7. The molecule has 0 amide bonds. The van der Waals surface area contributed by atoms with Crippen LogP contribution < -0.4 is 16.0 Å². The van der Waals surface area contributed by atoms with Gasteiger partial charge in [0.1, 0.15) is 6.10 Å². The number of aromatic nitrogens is 3. The van der Waals surface area contributed by atoms with Crippen LogP contribution in [0.25, 0.3) is 22.2 Å². The van der Waals surface area contributed by atoms with E-state index in [0.717, 1.165) is 27.1 Å². The van der Waals surface area contributed by atoms with E-state index in [-0.39, 0.29) is 11.3 Å². The van der Waals surface area contributed by atoms with Gasteiger partial charge in [0, 0.05) is 14.1 Å². The Hall–Kier alpha value is -3.78. The summed E-state index contributed by atoms with van der Waals surface area (Å²) in [5.74, 6) is 0.396. The van der Waals surface area contributed by atoms with E-state index in [9.17, 15) is 14.7 Å². The Balaban J connectivity index is 1.95. The molecule has 5 rings (SSSR count). The Kier molecular flexibility index (Phi) is 5.36. The van der Waals surface area contributed by atoms with Crippen LogP contribution in [0.4, 0.5) is 0 Å². The van der Waals surface area contributed by atoms with Crippen molar-refractivity contribution >= 4 is 10.9 Å². The van der Waals surface area contributed by atoms with Crippen LogP contribution in [0.5, 0.6) is 11.5 Å². The minimum absolute atomic E-state index is 0.0400. The van der Waals surface area contributed by atoms with E-state index in [1.54, 1.807) is 25.2 Å². The first-order valence-corrected chi connectivity index (χ1v) is 11.6. The van der Waals surface area contributed by atoms with Crippen molar-refractivity contribution in [1.82, 2.24) is 13.7 Å². The molecule has 0 radical (unpaired) electrons. The third-order valence-electron chi connectivity index (χ3n) is 6.70. The number of benzene rings is 2. The molecule has 1 atom stereocenters. The number of phenols is 1. The average Bonchev–Trinajstić information content (AvgIpc) is 3.21. The monoisotopic (exact) mass is 475 g/mol. The second kappa shape index (κ2) is 8.16. The van der Waals surface area contributed by atoms with Crippen LogP contribution >= 0.6 is 0 Å². The van der Waals surface area contributed by atoms with E-state index >= 15 is 0 Å². The number of aryl methyl sites for hydroxylation is 1. The Labute approximate surface area is 202 Å². The first kappa shape index (κ1) is 23.0. The number of hydrogen-bond donors (Lipinski definition) is 1. The summed E-state index contributed by atoms with van der Waals surface area (Å²) in [4.78, 5) is 26.6. The molecular formula is C27H29N3O5. The standard InChI is InChI=1S/C27H29N3O5/c1-6-34-19-14-17(12-13-18(19)31)24-23-22-20(25(32)29(5)26(33)28(22)4)21(16-10-8-7-9-11-16)30(23)27(2,3)15-35-24/h7-14,24,31H,6,15H2,1-5H3. The van der Waals surface area contributed by atoms with Crippen LogP contribution in [0.3, 0.4) is 0 Å². The zero-order chi connectivity index (χ0) is 25.1. The van der Waals surface area contributed by atoms with Gasteiger partial charge >= 0.3 is 5.69 Å². The van der Waals surface area contributed by atoms with E-state index < -0.39 is 17.3 Å². The van der Waals surface area contributed by atoms with Crippen LogP contribution in [0, 0.1) is 0 Å². The molecule has 1 N–H and O–H groups in total. The molecule has 0 bridgehead atoms. The second-order valence-corrected chi connectivity index (χ2v) is 9.53. The normalized spacial score (nSPS) is 16.9. The van der Waals surface area contributed by atoms with Crippen molar-refractivity contribution in [2.24, 2.45) is 14.1 Å². The van der Waals surface area contributed by atoms with Gasteiger partial charge in [0.25, 0.3) is 5.56 Å². The maximum atomic E-state index is 13.6. The smallest absolute Gasteiger partial charge is 0.331 e. The molecular weight excluding hydrogens is 446 g/mol. The number of ether oxygens (including phenoxy) is 2. The molecule has 8 nitrogen and oxygen atoms in total. The summed E-state index contributed by atoms with van der Waals surface area (Å²) in [6.07, 6.45) is -0.583. The van der Waals surface area contributed by atoms with Gasteiger partial charge in [-0.15, -0.1) is 0 Å². The summed E-state index contributed by atoms with van der Waals surface area (Å²) < 4.78 is 16.9. The van der Waals surface area contributed by atoms with E-state index in [4.69, 9.17) is 9.47 Å². The van der Waals surface area contributed by atoms with Gasteiger partial charge in [0.2, 0.25) is 0 Å². The summed E-state index contributed by atoms with van der Waals surface area (Å²) in [5, 5.41) is 10.7. The summed E-state index contributed by atoms with van der Waals surface area (Å²) in [5.41, 5.74) is 2.41. The van der Waals surface area contributed by atoms with Crippen molar-refractivity contribution in [2.45, 2.75) is 32.4 Å². The second-order valence-electron chi connectivity index (χ2n) is 9.53. The molecule has 0 aliphatic carbocycles. The fraction of sp³-hybridized carbons (Fsp3) is 0.333. The molecule has 0 saturated carbocycles. The predicted octanol–water partition coefficient (Wildman–Crippen LogP) is 3.66. The van der Waals surface area contributed by atoms with Gasteiger partial charge in [-0.1, -0.05) is 36.4 Å². The van der Waals surface area contributed by atoms with Crippen molar-refractivity contribution < 1.29 is 14.6 Å². The molecule has 0 fully saturated rings. The van der Waals surface area contributed by atoms with Gasteiger partial charge in [-0.25, -0.2) is 4.79 Å². The molecule has 182 valence electrons. The highest BCUT2D eigenvalue weighted by Crippen LogP contribution is 2.46.